The van der Waals surface area contributed by atoms with E-state index in [9.17, 15) is 0 Å². The van der Waals surface area contributed by atoms with Crippen molar-refractivity contribution in [2.45, 2.75) is 0 Å². The topological polar surface area (TPSA) is 8.17 Å². The molecule has 254 valence electrons. The summed E-state index contributed by atoms with van der Waals surface area (Å²) >= 11 is 0. The number of nitrogens with zero attached hydrogens (tertiary/aromatic N) is 2. The standard InChI is InChI=1S/C52H36N2/c1-3-13-37(14-4-1)39-25-31-45(32-26-39)54-51-22-12-10-20-48(51)49-34-33-46(36-52(49)54)53(50-21-11-9-19-47(50)41-16-5-2-6-17-41)44-29-27-40(28-30-44)43-24-23-38-15-7-8-18-42(38)35-43/h1-36H. The van der Waals surface area contributed by atoms with Gasteiger partial charge in [-0.25, -0.2) is 0 Å². The van der Waals surface area contributed by atoms with E-state index in [2.05, 4.69) is 228 Å². The van der Waals surface area contributed by atoms with Gasteiger partial charge in [-0.2, -0.15) is 0 Å². The van der Waals surface area contributed by atoms with Crippen LogP contribution in [0.5, 0.6) is 0 Å². The van der Waals surface area contributed by atoms with Crippen molar-refractivity contribution in [2.75, 3.05) is 4.90 Å². The summed E-state index contributed by atoms with van der Waals surface area (Å²) in [5.74, 6) is 0. The van der Waals surface area contributed by atoms with Crippen LogP contribution in [0.25, 0.3) is 71.6 Å². The number of rotatable bonds is 7. The molecule has 10 aromatic rings. The van der Waals surface area contributed by atoms with Crippen molar-refractivity contribution < 1.29 is 0 Å². The van der Waals surface area contributed by atoms with Gasteiger partial charge in [-0.05, 0) is 93.2 Å². The number of anilines is 3. The summed E-state index contributed by atoms with van der Waals surface area (Å²) in [6, 6.07) is 78.9. The Hall–Kier alpha value is -7.16. The summed E-state index contributed by atoms with van der Waals surface area (Å²) in [5.41, 5.74) is 14.0. The Labute approximate surface area is 315 Å². The third-order valence-corrected chi connectivity index (χ3v) is 10.6. The van der Waals surface area contributed by atoms with Gasteiger partial charge in [0.2, 0.25) is 0 Å². The Morgan fingerprint density at radius 2 is 0.870 bits per heavy atom. The largest absolute Gasteiger partial charge is 0.310 e. The molecule has 54 heavy (non-hydrogen) atoms. The van der Waals surface area contributed by atoms with Crippen molar-refractivity contribution in [1.82, 2.24) is 4.57 Å². The molecule has 0 spiro atoms. The molecule has 0 fully saturated rings. The smallest absolute Gasteiger partial charge is 0.0561 e. The molecule has 10 rings (SSSR count). The quantitative estimate of drug-likeness (QED) is 0.162. The van der Waals surface area contributed by atoms with Crippen LogP contribution >= 0.6 is 0 Å². The third kappa shape index (κ3) is 5.62. The van der Waals surface area contributed by atoms with Crippen molar-refractivity contribution in [3.63, 3.8) is 0 Å². The first kappa shape index (κ1) is 31.6. The molecule has 0 N–H and O–H groups in total. The molecule has 0 atom stereocenters. The highest BCUT2D eigenvalue weighted by Gasteiger charge is 2.20. The van der Waals surface area contributed by atoms with Gasteiger partial charge >= 0.3 is 0 Å². The fourth-order valence-corrected chi connectivity index (χ4v) is 7.94. The number of hydrogen-bond donors (Lipinski definition) is 0. The van der Waals surface area contributed by atoms with Gasteiger partial charge in [0.15, 0.2) is 0 Å². The maximum atomic E-state index is 2.41. The number of benzene rings is 9. The predicted octanol–water partition coefficient (Wildman–Crippen LogP) is 14.4. The Kier molecular flexibility index (Phi) is 7.85. The van der Waals surface area contributed by atoms with Gasteiger partial charge in [-0.3, -0.25) is 0 Å². The molecule has 0 aliphatic carbocycles. The van der Waals surface area contributed by atoms with Gasteiger partial charge in [0.1, 0.15) is 0 Å². The first-order valence-corrected chi connectivity index (χ1v) is 18.5. The SMILES string of the molecule is c1ccc(-c2ccc(-n3c4ccccc4c4ccc(N(c5ccc(-c6ccc7ccccc7c6)cc5)c5ccccc5-c5ccccc5)cc43)cc2)cc1. The van der Waals surface area contributed by atoms with Crippen LogP contribution in [0.3, 0.4) is 0 Å². The highest BCUT2D eigenvalue weighted by Crippen LogP contribution is 2.43. The van der Waals surface area contributed by atoms with Crippen LogP contribution in [0.1, 0.15) is 0 Å². The predicted molar refractivity (Wildman–Crippen MR) is 229 cm³/mol. The zero-order valence-corrected chi connectivity index (χ0v) is 29.7. The lowest BCUT2D eigenvalue weighted by Gasteiger charge is -2.28. The normalized spacial score (nSPS) is 11.3. The Morgan fingerprint density at radius 1 is 0.315 bits per heavy atom. The van der Waals surface area contributed by atoms with Crippen molar-refractivity contribution in [3.8, 4) is 39.1 Å². The minimum atomic E-state index is 1.09. The summed E-state index contributed by atoms with van der Waals surface area (Å²) in [5, 5.41) is 4.96. The molecule has 2 nitrogen and oxygen atoms in total. The number of para-hydroxylation sites is 2. The van der Waals surface area contributed by atoms with Gasteiger partial charge in [-0.1, -0.05) is 164 Å². The monoisotopic (exact) mass is 688 g/mol. The van der Waals surface area contributed by atoms with Crippen molar-refractivity contribution >= 4 is 49.6 Å². The van der Waals surface area contributed by atoms with Gasteiger partial charge in [0, 0.05) is 33.4 Å². The average molecular weight is 689 g/mol. The van der Waals surface area contributed by atoms with Crippen LogP contribution in [0.2, 0.25) is 0 Å². The van der Waals surface area contributed by atoms with E-state index in [0.717, 1.165) is 28.3 Å². The molecule has 0 amide bonds. The molecule has 1 aromatic heterocycles. The summed E-state index contributed by atoms with van der Waals surface area (Å²) in [6.45, 7) is 0. The molecule has 1 heterocycles. The van der Waals surface area contributed by atoms with E-state index < -0.39 is 0 Å². The molecule has 0 saturated heterocycles. The number of hydrogen-bond acceptors (Lipinski definition) is 1. The summed E-state index contributed by atoms with van der Waals surface area (Å²) in [7, 11) is 0. The Balaban J connectivity index is 1.15. The molecule has 0 aliphatic heterocycles. The van der Waals surface area contributed by atoms with Crippen LogP contribution in [0.4, 0.5) is 17.1 Å². The molecular formula is C52H36N2. The lowest BCUT2D eigenvalue weighted by atomic mass is 9.99. The molecule has 0 bridgehead atoms. The highest BCUT2D eigenvalue weighted by molar-refractivity contribution is 6.10. The molecule has 0 radical (unpaired) electrons. The first-order valence-electron chi connectivity index (χ1n) is 18.5. The van der Waals surface area contributed by atoms with Crippen LogP contribution in [0, 0.1) is 0 Å². The van der Waals surface area contributed by atoms with Gasteiger partial charge in [0.05, 0.1) is 16.7 Å². The lowest BCUT2D eigenvalue weighted by molar-refractivity contribution is 1.18. The Bertz CT molecular complexity index is 2910. The molecule has 9 aromatic carbocycles. The van der Waals surface area contributed by atoms with Gasteiger partial charge in [0.25, 0.3) is 0 Å². The molecule has 0 unspecified atom stereocenters. The second kappa shape index (κ2) is 13.4. The molecule has 2 heteroatoms. The van der Waals surface area contributed by atoms with Crippen LogP contribution in [0.15, 0.2) is 218 Å². The molecule has 0 saturated carbocycles. The molecule has 0 aliphatic rings. The average Bonchev–Trinajstić information content (AvgIpc) is 3.58. The van der Waals surface area contributed by atoms with E-state index in [1.54, 1.807) is 0 Å². The van der Waals surface area contributed by atoms with Crippen LogP contribution in [-0.2, 0) is 0 Å². The summed E-state index contributed by atoms with van der Waals surface area (Å²) < 4.78 is 2.41. The van der Waals surface area contributed by atoms with Gasteiger partial charge < -0.3 is 9.47 Å². The minimum Gasteiger partial charge on any atom is -0.310 e. The summed E-state index contributed by atoms with van der Waals surface area (Å²) in [6.07, 6.45) is 0. The van der Waals surface area contributed by atoms with E-state index in [0.29, 0.717) is 0 Å². The second-order valence-corrected chi connectivity index (χ2v) is 13.8. The van der Waals surface area contributed by atoms with E-state index in [1.807, 2.05) is 0 Å². The van der Waals surface area contributed by atoms with E-state index in [1.165, 1.54) is 60.4 Å². The van der Waals surface area contributed by atoms with Crippen molar-refractivity contribution in [1.29, 1.82) is 0 Å². The maximum absolute atomic E-state index is 2.41. The number of aromatic nitrogens is 1. The fourth-order valence-electron chi connectivity index (χ4n) is 7.94. The van der Waals surface area contributed by atoms with E-state index in [-0.39, 0.29) is 0 Å². The second-order valence-electron chi connectivity index (χ2n) is 13.8. The summed E-state index contributed by atoms with van der Waals surface area (Å²) in [4.78, 5) is 2.41. The maximum Gasteiger partial charge on any atom is 0.0561 e. The lowest BCUT2D eigenvalue weighted by Crippen LogP contribution is -2.11. The zero-order valence-electron chi connectivity index (χ0n) is 29.7. The zero-order chi connectivity index (χ0) is 35.8. The van der Waals surface area contributed by atoms with E-state index in [4.69, 9.17) is 0 Å². The van der Waals surface area contributed by atoms with Crippen molar-refractivity contribution in [2.24, 2.45) is 0 Å². The van der Waals surface area contributed by atoms with Crippen LogP contribution in [-0.4, -0.2) is 4.57 Å². The Morgan fingerprint density at radius 3 is 1.67 bits per heavy atom. The highest BCUT2D eigenvalue weighted by atomic mass is 15.1. The third-order valence-electron chi connectivity index (χ3n) is 10.6. The van der Waals surface area contributed by atoms with E-state index >= 15 is 0 Å². The fraction of sp³-hybridized carbons (Fsp3) is 0. The molecular weight excluding hydrogens is 653 g/mol. The van der Waals surface area contributed by atoms with Crippen LogP contribution < -0.4 is 4.90 Å². The number of fused-ring (bicyclic) bond motifs is 4. The first-order chi connectivity index (χ1) is 26.8. The minimum absolute atomic E-state index is 1.09. The van der Waals surface area contributed by atoms with Crippen molar-refractivity contribution in [3.05, 3.63) is 218 Å². The van der Waals surface area contributed by atoms with Gasteiger partial charge in [-0.15, -0.1) is 0 Å².